The van der Waals surface area contributed by atoms with E-state index < -0.39 is 0 Å². The number of carbonyl (C=O) groups excluding carboxylic acids is 2. The number of aromatic nitrogens is 1. The van der Waals surface area contributed by atoms with E-state index in [0.717, 1.165) is 22.4 Å². The van der Waals surface area contributed by atoms with Gasteiger partial charge in [0.05, 0.1) is 25.8 Å². The molecular formula is C26H25N3O4. The summed E-state index contributed by atoms with van der Waals surface area (Å²) in [6.07, 6.45) is 1.57. The Kier molecular flexibility index (Phi) is 5.56. The van der Waals surface area contributed by atoms with Crippen LogP contribution in [0.1, 0.15) is 22.0 Å². The van der Waals surface area contributed by atoms with E-state index in [1.165, 1.54) is 0 Å². The number of piperazine rings is 1. The first-order chi connectivity index (χ1) is 16.1. The Morgan fingerprint density at radius 3 is 2.36 bits per heavy atom. The Labute approximate surface area is 192 Å². The Morgan fingerprint density at radius 1 is 1.06 bits per heavy atom. The van der Waals surface area contributed by atoms with Crippen molar-refractivity contribution in [3.63, 3.8) is 0 Å². The first-order valence-electron chi connectivity index (χ1n) is 11.0. The summed E-state index contributed by atoms with van der Waals surface area (Å²) in [5.74, 6) is 0.385. The highest BCUT2D eigenvalue weighted by Gasteiger charge is 2.54. The molecule has 1 aromatic heterocycles. The maximum Gasteiger partial charge on any atom is 0.272 e. The predicted octanol–water partition coefficient (Wildman–Crippen LogP) is 2.57. The molecule has 0 aliphatic carbocycles. The number of rotatable bonds is 5. The molecular weight excluding hydrogens is 418 g/mol. The highest BCUT2D eigenvalue weighted by Crippen LogP contribution is 2.43. The van der Waals surface area contributed by atoms with Gasteiger partial charge in [0.1, 0.15) is 18.0 Å². The Balaban J connectivity index is 1.37. The molecule has 3 aromatic rings. The number of pyridine rings is 1. The second-order valence-electron chi connectivity index (χ2n) is 8.40. The van der Waals surface area contributed by atoms with Gasteiger partial charge in [0.15, 0.2) is 0 Å². The van der Waals surface area contributed by atoms with E-state index in [2.05, 4.69) is 17.1 Å². The number of carbonyl (C=O) groups is 2. The number of hydrogen-bond acceptors (Lipinski definition) is 5. The molecule has 2 aliphatic rings. The fraction of sp³-hybridized carbons (Fsp3) is 0.269. The average molecular weight is 444 g/mol. The zero-order chi connectivity index (χ0) is 22.9. The minimum atomic E-state index is -0.276. The molecule has 3 heterocycles. The summed E-state index contributed by atoms with van der Waals surface area (Å²) in [5, 5.41) is 10.0. The number of methoxy groups -OCH3 is 1. The van der Waals surface area contributed by atoms with E-state index in [1.807, 2.05) is 36.4 Å². The number of fused-ring (bicyclic) bond motifs is 1. The summed E-state index contributed by atoms with van der Waals surface area (Å²) in [6, 6.07) is 20.8. The molecule has 0 saturated carbocycles. The van der Waals surface area contributed by atoms with Gasteiger partial charge in [-0.2, -0.15) is 0 Å². The predicted molar refractivity (Wildman–Crippen MR) is 123 cm³/mol. The van der Waals surface area contributed by atoms with E-state index >= 15 is 0 Å². The zero-order valence-corrected chi connectivity index (χ0v) is 18.3. The molecule has 2 fully saturated rings. The van der Waals surface area contributed by atoms with Gasteiger partial charge in [-0.05, 0) is 41.0 Å². The fourth-order valence-corrected chi connectivity index (χ4v) is 4.99. The molecule has 2 aliphatic heterocycles. The van der Waals surface area contributed by atoms with Gasteiger partial charge in [-0.1, -0.05) is 42.5 Å². The Hall–Kier alpha value is -3.71. The average Bonchev–Trinajstić information content (AvgIpc) is 2.86. The van der Waals surface area contributed by atoms with Gasteiger partial charge in [-0.15, -0.1) is 0 Å². The molecule has 1 N–H and O–H groups in total. The first kappa shape index (κ1) is 21.2. The lowest BCUT2D eigenvalue weighted by Crippen LogP contribution is -2.73. The van der Waals surface area contributed by atoms with Gasteiger partial charge in [-0.3, -0.25) is 14.6 Å². The standard InChI is InChI=1S/C26H25N3O4/c1-33-20-11-9-18(10-12-20)17-5-7-19(8-6-17)25-22-14-28(15-24(31)29(22)23(25)16-30)26(32)21-4-2-3-13-27-21/h2-13,22-23,25,30H,14-16H2,1H3/t22-,23+,25-/m1/s1. The van der Waals surface area contributed by atoms with Crippen molar-refractivity contribution >= 4 is 11.8 Å². The number of aliphatic hydroxyl groups excluding tert-OH is 1. The van der Waals surface area contributed by atoms with E-state index in [1.54, 1.807) is 41.3 Å². The summed E-state index contributed by atoms with van der Waals surface area (Å²) >= 11 is 0. The molecule has 0 spiro atoms. The number of benzene rings is 2. The van der Waals surface area contributed by atoms with Crippen LogP contribution in [0.2, 0.25) is 0 Å². The van der Waals surface area contributed by atoms with Crippen LogP contribution >= 0.6 is 0 Å². The van der Waals surface area contributed by atoms with Crippen LogP contribution in [0.5, 0.6) is 5.75 Å². The van der Waals surface area contributed by atoms with E-state index in [0.29, 0.717) is 12.2 Å². The monoisotopic (exact) mass is 443 g/mol. The summed E-state index contributed by atoms with van der Waals surface area (Å²) < 4.78 is 5.23. The molecule has 0 unspecified atom stereocenters. The number of aliphatic hydroxyl groups is 1. The third-order valence-corrected chi connectivity index (χ3v) is 6.64. The number of amides is 2. The maximum absolute atomic E-state index is 12.9. The molecule has 7 nitrogen and oxygen atoms in total. The van der Waals surface area contributed by atoms with Crippen molar-refractivity contribution in [3.05, 3.63) is 84.2 Å². The molecule has 33 heavy (non-hydrogen) atoms. The maximum atomic E-state index is 12.9. The highest BCUT2D eigenvalue weighted by molar-refractivity contribution is 5.96. The fourth-order valence-electron chi connectivity index (χ4n) is 4.99. The second-order valence-corrected chi connectivity index (χ2v) is 8.40. The van der Waals surface area contributed by atoms with Crippen molar-refractivity contribution in [1.29, 1.82) is 0 Å². The van der Waals surface area contributed by atoms with Crippen molar-refractivity contribution in [1.82, 2.24) is 14.8 Å². The van der Waals surface area contributed by atoms with E-state index in [-0.39, 0.29) is 43.0 Å². The van der Waals surface area contributed by atoms with Crippen molar-refractivity contribution in [2.45, 2.75) is 18.0 Å². The molecule has 2 amide bonds. The molecule has 0 radical (unpaired) electrons. The Morgan fingerprint density at radius 2 is 1.76 bits per heavy atom. The molecule has 2 saturated heterocycles. The molecule has 5 rings (SSSR count). The topological polar surface area (TPSA) is 83.0 Å². The largest absolute Gasteiger partial charge is 0.497 e. The quantitative estimate of drug-likeness (QED) is 0.655. The van der Waals surface area contributed by atoms with E-state index in [9.17, 15) is 14.7 Å². The lowest BCUT2D eigenvalue weighted by atomic mass is 9.73. The number of hydrogen-bond donors (Lipinski definition) is 1. The SMILES string of the molecule is COc1ccc(-c2ccc([C@@H]3[C@H]4CN(C(=O)c5ccccn5)CC(=O)N4[C@H]3CO)cc2)cc1. The summed E-state index contributed by atoms with van der Waals surface area (Å²) in [5.41, 5.74) is 3.53. The van der Waals surface area contributed by atoms with Crippen molar-refractivity contribution in [2.75, 3.05) is 26.8 Å². The van der Waals surface area contributed by atoms with Crippen LogP contribution in [0.15, 0.2) is 72.9 Å². The number of ether oxygens (including phenoxy) is 1. The van der Waals surface area contributed by atoms with Gasteiger partial charge in [0.2, 0.25) is 5.91 Å². The molecule has 3 atom stereocenters. The molecule has 2 aromatic carbocycles. The lowest BCUT2D eigenvalue weighted by molar-refractivity contribution is -0.159. The van der Waals surface area contributed by atoms with Crippen molar-refractivity contribution in [3.8, 4) is 16.9 Å². The van der Waals surface area contributed by atoms with Crippen LogP contribution in [0.4, 0.5) is 0 Å². The van der Waals surface area contributed by atoms with Crippen LogP contribution in [0.3, 0.4) is 0 Å². The van der Waals surface area contributed by atoms with Gasteiger partial charge in [0, 0.05) is 18.7 Å². The van der Waals surface area contributed by atoms with Crippen LogP contribution in [0, 0.1) is 0 Å². The van der Waals surface area contributed by atoms with Crippen LogP contribution < -0.4 is 4.74 Å². The molecule has 168 valence electrons. The minimum absolute atomic E-state index is 0.00549. The first-order valence-corrected chi connectivity index (χ1v) is 11.0. The van der Waals surface area contributed by atoms with Crippen LogP contribution in [-0.2, 0) is 4.79 Å². The minimum Gasteiger partial charge on any atom is -0.497 e. The third-order valence-electron chi connectivity index (χ3n) is 6.64. The van der Waals surface area contributed by atoms with Gasteiger partial charge in [-0.25, -0.2) is 0 Å². The molecule has 0 bridgehead atoms. The van der Waals surface area contributed by atoms with Crippen LogP contribution in [0.25, 0.3) is 11.1 Å². The van der Waals surface area contributed by atoms with Gasteiger partial charge in [0.25, 0.3) is 5.91 Å². The van der Waals surface area contributed by atoms with Gasteiger partial charge < -0.3 is 19.6 Å². The normalized spacial score (nSPS) is 21.9. The summed E-state index contributed by atoms with van der Waals surface area (Å²) in [7, 11) is 1.64. The smallest absolute Gasteiger partial charge is 0.272 e. The van der Waals surface area contributed by atoms with Gasteiger partial charge >= 0.3 is 0 Å². The number of nitrogens with zero attached hydrogens (tertiary/aromatic N) is 3. The summed E-state index contributed by atoms with van der Waals surface area (Å²) in [4.78, 5) is 33.2. The second kappa shape index (κ2) is 8.67. The van der Waals surface area contributed by atoms with Crippen LogP contribution in [-0.4, -0.2) is 70.6 Å². The third kappa shape index (κ3) is 3.74. The zero-order valence-electron chi connectivity index (χ0n) is 18.3. The van der Waals surface area contributed by atoms with E-state index in [4.69, 9.17) is 4.74 Å². The molecule has 7 heteroatoms. The summed E-state index contributed by atoms with van der Waals surface area (Å²) in [6.45, 7) is 0.315. The van der Waals surface area contributed by atoms with Crippen molar-refractivity contribution in [2.24, 2.45) is 0 Å². The van der Waals surface area contributed by atoms with Crippen molar-refractivity contribution < 1.29 is 19.4 Å². The highest BCUT2D eigenvalue weighted by atomic mass is 16.5. The lowest BCUT2D eigenvalue weighted by Gasteiger charge is -2.58. The Bertz CT molecular complexity index is 1150.